The van der Waals surface area contributed by atoms with Gasteiger partial charge in [0.1, 0.15) is 0 Å². The second-order valence-electron chi connectivity index (χ2n) is 0.519. The largest absolute Gasteiger partial charge is 0.481 e. The molecule has 0 aliphatic heterocycles. The topological polar surface area (TPSA) is 37.3 Å². The Kier molecular flexibility index (Phi) is 24.4. The Morgan fingerprint density at radius 3 is 1.67 bits per heavy atom. The first-order valence-electron chi connectivity index (χ1n) is 0.928. The molecule has 0 saturated heterocycles. The van der Waals surface area contributed by atoms with Gasteiger partial charge in [-0.15, -0.1) is 0 Å². The molecule has 0 bridgehead atoms. The molecule has 6 heavy (non-hydrogen) atoms. The van der Waals surface area contributed by atoms with Gasteiger partial charge in [0, 0.05) is 45.1 Å². The second kappa shape index (κ2) is 9.19. The minimum Gasteiger partial charge on any atom is -0.481 e. The average Bonchev–Trinajstić information content (AvgIpc) is 0.811. The molecular weight excluding hydrogens is 163 g/mol. The summed E-state index contributed by atoms with van der Waals surface area (Å²) < 4.78 is 0. The summed E-state index contributed by atoms with van der Waals surface area (Å²) >= 11 is 0. The third-order valence-electron chi connectivity index (χ3n) is 0. The average molecular weight is 167 g/mol. The fraction of sp³-hybridized carbons (Fsp3) is 0.500. The molecule has 0 heterocycles. The minimum atomic E-state index is -0.833. The Labute approximate surface area is 61.1 Å². The van der Waals surface area contributed by atoms with Crippen molar-refractivity contribution in [2.24, 2.45) is 0 Å². The molecule has 0 atom stereocenters. The van der Waals surface area contributed by atoms with Gasteiger partial charge in [0.2, 0.25) is 0 Å². The number of aliphatic carboxylic acids is 1. The molecule has 1 N–H and O–H groups in total. The van der Waals surface area contributed by atoms with Crippen LogP contribution in [0.5, 0.6) is 0 Å². The van der Waals surface area contributed by atoms with Crippen LogP contribution in [-0.4, -0.2) is 11.1 Å². The van der Waals surface area contributed by atoms with Crippen molar-refractivity contribution in [3.8, 4) is 0 Å². The van der Waals surface area contributed by atoms with E-state index < -0.39 is 5.97 Å². The van der Waals surface area contributed by atoms with Crippen molar-refractivity contribution in [2.45, 2.75) is 6.92 Å². The fourth-order valence-corrected chi connectivity index (χ4v) is 0. The molecule has 0 saturated carbocycles. The summed E-state index contributed by atoms with van der Waals surface area (Å²) in [5, 5.41) is 7.42. The van der Waals surface area contributed by atoms with Crippen LogP contribution < -0.4 is 0 Å². The third-order valence-corrected chi connectivity index (χ3v) is 0. The van der Waals surface area contributed by atoms with Crippen molar-refractivity contribution in [3.63, 3.8) is 0 Å². The molecule has 4 heteroatoms. The molecule has 0 rings (SSSR count). The van der Waals surface area contributed by atoms with E-state index in [2.05, 4.69) is 0 Å². The molecule has 0 radical (unpaired) electrons. The van der Waals surface area contributed by atoms with E-state index in [-0.39, 0.29) is 38.2 Å². The summed E-state index contributed by atoms with van der Waals surface area (Å²) in [5.41, 5.74) is 0. The van der Waals surface area contributed by atoms with Gasteiger partial charge in [0.25, 0.3) is 5.97 Å². The molecular formula is C2H4NiO2Ti. The van der Waals surface area contributed by atoms with E-state index in [1.807, 2.05) is 0 Å². The van der Waals surface area contributed by atoms with Gasteiger partial charge < -0.3 is 5.11 Å². The van der Waals surface area contributed by atoms with Crippen molar-refractivity contribution in [1.82, 2.24) is 0 Å². The number of hydrogen-bond donors (Lipinski definition) is 1. The van der Waals surface area contributed by atoms with Crippen molar-refractivity contribution in [3.05, 3.63) is 0 Å². The van der Waals surface area contributed by atoms with Crippen molar-refractivity contribution in [2.75, 3.05) is 0 Å². The summed E-state index contributed by atoms with van der Waals surface area (Å²) in [4.78, 5) is 9.00. The first-order valence-corrected chi connectivity index (χ1v) is 0.928. The molecule has 2 nitrogen and oxygen atoms in total. The quantitative estimate of drug-likeness (QED) is 0.518. The molecule has 38 valence electrons. The summed E-state index contributed by atoms with van der Waals surface area (Å²) in [6, 6.07) is 0. The fourth-order valence-electron chi connectivity index (χ4n) is 0. The van der Waals surface area contributed by atoms with E-state index in [0.29, 0.717) is 0 Å². The predicted octanol–water partition coefficient (Wildman–Crippen LogP) is 0.0859. The van der Waals surface area contributed by atoms with E-state index in [4.69, 9.17) is 9.90 Å². The second-order valence-corrected chi connectivity index (χ2v) is 0.519. The Hall–Kier alpha value is 0.678. The maximum absolute atomic E-state index is 9.00. The van der Waals surface area contributed by atoms with Crippen molar-refractivity contribution >= 4 is 5.97 Å². The zero-order valence-electron chi connectivity index (χ0n) is 3.17. The number of rotatable bonds is 0. The maximum Gasteiger partial charge on any atom is 0.300 e. The zero-order chi connectivity index (χ0) is 3.58. The number of carbonyl (C=O) groups is 1. The minimum absolute atomic E-state index is 0. The molecule has 0 aromatic carbocycles. The van der Waals surface area contributed by atoms with Gasteiger partial charge >= 0.3 is 0 Å². The van der Waals surface area contributed by atoms with Crippen LogP contribution >= 0.6 is 0 Å². The van der Waals surface area contributed by atoms with Crippen molar-refractivity contribution in [1.29, 1.82) is 0 Å². The monoisotopic (exact) mass is 166 g/mol. The molecule has 0 aromatic rings. The Balaban J connectivity index is -0.0000000450. The maximum atomic E-state index is 9.00. The summed E-state index contributed by atoms with van der Waals surface area (Å²) in [6.07, 6.45) is 0. The molecule has 0 fully saturated rings. The first-order chi connectivity index (χ1) is 1.73. The van der Waals surface area contributed by atoms with Gasteiger partial charge in [-0.05, 0) is 0 Å². The molecule has 0 aliphatic carbocycles. The summed E-state index contributed by atoms with van der Waals surface area (Å²) in [6.45, 7) is 1.08. The van der Waals surface area contributed by atoms with Gasteiger partial charge in [-0.25, -0.2) is 0 Å². The zero-order valence-corrected chi connectivity index (χ0v) is 5.72. The Morgan fingerprint density at radius 1 is 1.67 bits per heavy atom. The standard InChI is InChI=1S/C2H4O2.Ni.Ti/c1-2(3)4;;/h1H3,(H,3,4);;. The first kappa shape index (κ1) is 15.9. The molecule has 0 aliphatic rings. The van der Waals surface area contributed by atoms with E-state index in [9.17, 15) is 0 Å². The Bertz CT molecular complexity index is 34.5. The number of carboxylic acids is 1. The molecule has 0 spiro atoms. The van der Waals surface area contributed by atoms with Gasteiger partial charge in [-0.2, -0.15) is 0 Å². The van der Waals surface area contributed by atoms with Crippen LogP contribution in [0.2, 0.25) is 0 Å². The third kappa shape index (κ3) is 138. The number of hydrogen-bond acceptors (Lipinski definition) is 1. The summed E-state index contributed by atoms with van der Waals surface area (Å²) in [5.74, 6) is -0.833. The van der Waals surface area contributed by atoms with Crippen LogP contribution in [0.25, 0.3) is 0 Å². The van der Waals surface area contributed by atoms with Gasteiger partial charge in [0.05, 0.1) is 0 Å². The van der Waals surface area contributed by atoms with E-state index in [1.165, 1.54) is 0 Å². The van der Waals surface area contributed by atoms with Crippen LogP contribution in [-0.2, 0) is 43.0 Å². The van der Waals surface area contributed by atoms with Crippen LogP contribution in [0.1, 0.15) is 6.92 Å². The summed E-state index contributed by atoms with van der Waals surface area (Å²) in [7, 11) is 0. The van der Waals surface area contributed by atoms with Gasteiger partial charge in [0.15, 0.2) is 0 Å². The molecule has 0 aromatic heterocycles. The van der Waals surface area contributed by atoms with Crippen LogP contribution in [0.3, 0.4) is 0 Å². The smallest absolute Gasteiger partial charge is 0.300 e. The van der Waals surface area contributed by atoms with Gasteiger partial charge in [-0.1, -0.05) is 0 Å². The Morgan fingerprint density at radius 2 is 1.67 bits per heavy atom. The SMILES string of the molecule is CC(=O)O.[Ni].[Ti]. The van der Waals surface area contributed by atoms with E-state index in [1.54, 1.807) is 0 Å². The van der Waals surface area contributed by atoms with Crippen LogP contribution in [0.15, 0.2) is 0 Å². The number of carboxylic acid groups (broad SMARTS) is 1. The molecule has 0 unspecified atom stereocenters. The normalized spacial score (nSPS) is 4.17. The predicted molar refractivity (Wildman–Crippen MR) is 13.3 cm³/mol. The van der Waals surface area contributed by atoms with E-state index in [0.717, 1.165) is 6.92 Å². The molecule has 0 amide bonds. The van der Waals surface area contributed by atoms with Crippen LogP contribution in [0, 0.1) is 0 Å². The van der Waals surface area contributed by atoms with Gasteiger partial charge in [-0.3, -0.25) is 4.79 Å². The van der Waals surface area contributed by atoms with E-state index >= 15 is 0 Å². The van der Waals surface area contributed by atoms with Crippen molar-refractivity contribution < 1.29 is 48.1 Å². The van der Waals surface area contributed by atoms with Crippen LogP contribution in [0.4, 0.5) is 0 Å².